The zero-order valence-corrected chi connectivity index (χ0v) is 32.1. The van der Waals surface area contributed by atoms with E-state index in [2.05, 4.69) is 102 Å². The van der Waals surface area contributed by atoms with Crippen molar-refractivity contribution in [3.05, 3.63) is 95.6 Å². The Morgan fingerprint density at radius 1 is 0.593 bits per heavy atom. The van der Waals surface area contributed by atoms with Crippen molar-refractivity contribution in [1.29, 1.82) is 5.26 Å². The molecule has 5 rings (SSSR count). The number of hydrogen-bond donors (Lipinski definition) is 2. The summed E-state index contributed by atoms with van der Waals surface area (Å²) in [5.74, 6) is 0. The first-order valence-electron chi connectivity index (χ1n) is 16.5. The number of nitrogens with one attached hydrogen (secondary N) is 2. The van der Waals surface area contributed by atoms with Crippen LogP contribution < -0.4 is 47.9 Å². The predicted octanol–water partition coefficient (Wildman–Crippen LogP) is -6.74. The molecule has 0 amide bonds. The summed E-state index contributed by atoms with van der Waals surface area (Å²) in [5.41, 5.74) is 4.53. The van der Waals surface area contributed by atoms with Gasteiger partial charge >= 0.3 is 17.1 Å². The van der Waals surface area contributed by atoms with Gasteiger partial charge in [-0.05, 0) is 50.1 Å². The van der Waals surface area contributed by atoms with Crippen LogP contribution in [0.2, 0.25) is 0 Å². The van der Waals surface area contributed by atoms with Crippen molar-refractivity contribution in [2.45, 2.75) is 45.9 Å². The molecule has 19 nitrogen and oxygen atoms in total. The molecule has 0 aliphatic carbocycles. The van der Waals surface area contributed by atoms with Gasteiger partial charge in [0, 0.05) is 46.2 Å². The summed E-state index contributed by atoms with van der Waals surface area (Å²) in [7, 11) is -9.89. The summed E-state index contributed by atoms with van der Waals surface area (Å²) in [6.45, 7) is 12.6. The fourth-order valence-corrected chi connectivity index (χ4v) is 5.10. The molecule has 0 bridgehead atoms. The first-order valence-corrected chi connectivity index (χ1v) is 18.9. The molecule has 1 aliphatic heterocycles. The first kappa shape index (κ1) is 48.8. The standard InChI is InChI=1S/C30H42N10.C2H3N.2ClHO4.Cu/c1-3-9-27(10-4-1)21-39-25-29(33-35-39)23-37-17-7-13-32-16-20-38(18-8-14-31-15-19-37)24-30-26-40(36-34-30)22-28-11-5-2-6-12-28;1-2-3;2*2-1(3,4)5;/h1-6,9-12,25-26,31-32H,7-8,13-24H2;1H3;2*(H,2,3,4,5);/q;;;;+2/p-2. The Morgan fingerprint density at radius 2 is 0.926 bits per heavy atom. The number of rotatable bonds is 8. The molecule has 301 valence electrons. The summed E-state index contributed by atoms with van der Waals surface area (Å²) in [6.07, 6.45) is 6.37. The van der Waals surface area contributed by atoms with Crippen LogP contribution in [0.5, 0.6) is 0 Å². The van der Waals surface area contributed by atoms with Gasteiger partial charge in [-0.15, -0.1) is 30.7 Å². The molecule has 0 atom stereocenters. The molecule has 1 radical (unpaired) electrons. The fourth-order valence-electron chi connectivity index (χ4n) is 5.10. The number of hydrogen-bond acceptors (Lipinski definition) is 17. The van der Waals surface area contributed by atoms with E-state index in [1.54, 1.807) is 6.07 Å². The normalized spacial score (nSPS) is 15.0. The molecule has 4 aromatic rings. The Labute approximate surface area is 329 Å². The second kappa shape index (κ2) is 27.4. The zero-order chi connectivity index (χ0) is 39.0. The van der Waals surface area contributed by atoms with Crippen LogP contribution in [0, 0.1) is 31.8 Å². The van der Waals surface area contributed by atoms with Crippen LogP contribution in [0.3, 0.4) is 0 Å². The Hall–Kier alpha value is -3.17. The maximum absolute atomic E-state index is 8.49. The summed E-state index contributed by atoms with van der Waals surface area (Å²) < 4.78 is 71.8. The van der Waals surface area contributed by atoms with Crippen LogP contribution in [0.1, 0.15) is 42.3 Å². The van der Waals surface area contributed by atoms with Crippen molar-refractivity contribution in [2.75, 3.05) is 52.4 Å². The third kappa shape index (κ3) is 26.6. The summed E-state index contributed by atoms with van der Waals surface area (Å²) in [6, 6.07) is 22.6. The van der Waals surface area contributed by atoms with E-state index in [0.717, 1.165) is 103 Å². The molecule has 1 fully saturated rings. The average molecular weight is 846 g/mol. The third-order valence-corrected chi connectivity index (χ3v) is 7.18. The minimum Gasteiger partial charge on any atom is -0.315 e. The topological polar surface area (TPSA) is 300 Å². The smallest absolute Gasteiger partial charge is 0.315 e. The average Bonchev–Trinajstić information content (AvgIpc) is 3.72. The van der Waals surface area contributed by atoms with Gasteiger partial charge in [-0.1, -0.05) is 71.1 Å². The van der Waals surface area contributed by atoms with Gasteiger partial charge in [-0.25, -0.2) is 46.6 Å². The van der Waals surface area contributed by atoms with Gasteiger partial charge < -0.3 is 10.6 Å². The van der Waals surface area contributed by atoms with Crippen molar-refractivity contribution in [3.8, 4) is 6.07 Å². The van der Waals surface area contributed by atoms with E-state index >= 15 is 0 Å². The maximum Gasteiger partial charge on any atom is 2.00 e. The van der Waals surface area contributed by atoms with Crippen LogP contribution in [0.15, 0.2) is 73.1 Å². The number of aromatic nitrogens is 6. The van der Waals surface area contributed by atoms with Gasteiger partial charge in [-0.2, -0.15) is 5.26 Å². The van der Waals surface area contributed by atoms with Crippen molar-refractivity contribution in [2.24, 2.45) is 0 Å². The van der Waals surface area contributed by atoms with Gasteiger partial charge in [0.05, 0.1) is 42.9 Å². The van der Waals surface area contributed by atoms with E-state index in [4.69, 9.17) is 42.5 Å². The van der Waals surface area contributed by atoms with E-state index in [-0.39, 0.29) is 17.1 Å². The quantitative estimate of drug-likeness (QED) is 0.156. The molecule has 0 saturated carbocycles. The number of halogens is 2. The second-order valence-electron chi connectivity index (χ2n) is 11.5. The fraction of sp³-hybridized carbons (Fsp3) is 0.469. The Morgan fingerprint density at radius 3 is 1.26 bits per heavy atom. The Kier molecular flexibility index (Phi) is 24.8. The van der Waals surface area contributed by atoms with Crippen molar-refractivity contribution in [3.63, 3.8) is 0 Å². The molecule has 1 aliphatic rings. The molecule has 2 N–H and O–H groups in total. The van der Waals surface area contributed by atoms with Crippen LogP contribution in [-0.2, 0) is 43.2 Å². The molecule has 0 unspecified atom stereocenters. The summed E-state index contributed by atoms with van der Waals surface area (Å²) in [5, 5.41) is 32.2. The van der Waals surface area contributed by atoms with Gasteiger partial charge in [-0.3, -0.25) is 9.80 Å². The number of nitriles is 1. The monoisotopic (exact) mass is 844 g/mol. The molecule has 0 spiro atoms. The number of benzene rings is 2. The maximum atomic E-state index is 8.49. The van der Waals surface area contributed by atoms with E-state index < -0.39 is 20.5 Å². The van der Waals surface area contributed by atoms with Crippen LogP contribution in [0.4, 0.5) is 0 Å². The van der Waals surface area contributed by atoms with E-state index in [1.807, 2.05) is 21.5 Å². The third-order valence-electron chi connectivity index (χ3n) is 7.18. The van der Waals surface area contributed by atoms with E-state index in [9.17, 15) is 0 Å². The molecular formula is C32H45Cl2CuN11O8. The van der Waals surface area contributed by atoms with Crippen LogP contribution in [-0.4, -0.2) is 92.1 Å². The van der Waals surface area contributed by atoms with Crippen molar-refractivity contribution in [1.82, 2.24) is 50.4 Å². The molecule has 3 heterocycles. The molecule has 22 heteroatoms. The molecule has 2 aromatic carbocycles. The first-order chi connectivity index (χ1) is 25.2. The van der Waals surface area contributed by atoms with E-state index in [0.29, 0.717) is 0 Å². The minimum atomic E-state index is -4.94. The predicted molar refractivity (Wildman–Crippen MR) is 168 cm³/mol. The van der Waals surface area contributed by atoms with Gasteiger partial charge in [0.1, 0.15) is 0 Å². The van der Waals surface area contributed by atoms with Crippen LogP contribution in [0.25, 0.3) is 0 Å². The van der Waals surface area contributed by atoms with Gasteiger partial charge in [0.15, 0.2) is 0 Å². The largest absolute Gasteiger partial charge is 2.00 e. The van der Waals surface area contributed by atoms with Gasteiger partial charge in [0.25, 0.3) is 0 Å². The molecule has 2 aromatic heterocycles. The van der Waals surface area contributed by atoms with Crippen molar-refractivity contribution >= 4 is 0 Å². The second-order valence-corrected chi connectivity index (χ2v) is 13.0. The molecule has 54 heavy (non-hydrogen) atoms. The molecular weight excluding hydrogens is 801 g/mol. The summed E-state index contributed by atoms with van der Waals surface area (Å²) in [4.78, 5) is 4.98. The number of nitrogens with zero attached hydrogens (tertiary/aromatic N) is 9. The van der Waals surface area contributed by atoms with Gasteiger partial charge in [0.2, 0.25) is 0 Å². The van der Waals surface area contributed by atoms with Crippen molar-refractivity contribution < 1.29 is 74.8 Å². The zero-order valence-electron chi connectivity index (χ0n) is 29.7. The molecule has 1 saturated heterocycles. The Balaban J connectivity index is 0.000000903. The van der Waals surface area contributed by atoms with Crippen LogP contribution >= 0.6 is 0 Å². The SMILES string of the molecule is CC#N.[Cu+2].[O-][Cl+3]([O-])([O-])[O-].[O-][Cl+3]([O-])([O-])[O-].c1ccc(Cn2cc(CN3CCCNCCN(Cc4cn(Cc5ccccc5)nn4)CCCNCC3)nn2)cc1. The summed E-state index contributed by atoms with van der Waals surface area (Å²) >= 11 is 0. The minimum absolute atomic E-state index is 0. The van der Waals surface area contributed by atoms with E-state index in [1.165, 1.54) is 18.1 Å². The Bertz CT molecular complexity index is 1420.